The van der Waals surface area contributed by atoms with Crippen molar-refractivity contribution in [2.45, 2.75) is 51.3 Å². The summed E-state index contributed by atoms with van der Waals surface area (Å²) in [6.07, 6.45) is 9.19. The number of primary sulfonamides is 1. The lowest BCUT2D eigenvalue weighted by Gasteiger charge is -2.16. The van der Waals surface area contributed by atoms with E-state index < -0.39 is 10.0 Å². The van der Waals surface area contributed by atoms with Crippen LogP contribution in [0.4, 0.5) is 4.39 Å². The minimum absolute atomic E-state index is 0.00981. The van der Waals surface area contributed by atoms with Crippen LogP contribution in [0, 0.1) is 5.41 Å². The molecule has 0 aromatic heterocycles. The maximum absolute atomic E-state index is 12.2. The Hall–Kier alpha value is -1.72. The average Bonchev–Trinajstić information content (AvgIpc) is 2.90. The highest BCUT2D eigenvalue weighted by Crippen LogP contribution is 2.40. The Bertz CT molecular complexity index is 798. The first-order chi connectivity index (χ1) is 11.6. The Morgan fingerprint density at radius 1 is 1.08 bits per heavy atom. The molecular weight excluding hydrogens is 337 g/mol. The highest BCUT2D eigenvalue weighted by Gasteiger charge is 2.25. The van der Waals surface area contributed by atoms with Crippen LogP contribution in [0.2, 0.25) is 0 Å². The van der Waals surface area contributed by atoms with E-state index in [-0.39, 0.29) is 10.7 Å². The summed E-state index contributed by atoms with van der Waals surface area (Å²) in [4.78, 5) is 0.166. The third kappa shape index (κ3) is 5.94. The van der Waals surface area contributed by atoms with Crippen LogP contribution in [-0.4, -0.2) is 8.42 Å². The van der Waals surface area contributed by atoms with Gasteiger partial charge in [-0.2, -0.15) is 0 Å². The molecule has 0 radical (unpaired) electrons. The zero-order valence-corrected chi connectivity index (χ0v) is 15.9. The molecule has 0 aliphatic heterocycles. The van der Waals surface area contributed by atoms with Crippen LogP contribution in [0.25, 0.3) is 5.57 Å². The Morgan fingerprint density at radius 2 is 1.72 bits per heavy atom. The number of benzene rings is 1. The molecule has 0 saturated heterocycles. The molecule has 136 valence electrons. The molecule has 2 aliphatic carbocycles. The van der Waals surface area contributed by atoms with Gasteiger partial charge in [0, 0.05) is 6.42 Å². The Labute approximate surface area is 150 Å². The topological polar surface area (TPSA) is 60.2 Å². The molecule has 5 heteroatoms. The van der Waals surface area contributed by atoms with Gasteiger partial charge >= 0.3 is 0 Å². The first kappa shape index (κ1) is 19.6. The lowest BCUT2D eigenvalue weighted by atomic mass is 9.88. The minimum atomic E-state index is -3.59. The first-order valence-electron chi connectivity index (χ1n) is 8.41. The van der Waals surface area contributed by atoms with Gasteiger partial charge in [0.2, 0.25) is 10.0 Å². The van der Waals surface area contributed by atoms with Crippen LogP contribution < -0.4 is 5.14 Å². The molecule has 2 N–H and O–H groups in total. The highest BCUT2D eigenvalue weighted by atomic mass is 32.2. The molecule has 3 rings (SSSR count). The van der Waals surface area contributed by atoms with Crippen LogP contribution in [0.15, 0.2) is 58.8 Å². The normalized spacial score (nSPS) is 19.3. The average molecular weight is 363 g/mol. The quantitative estimate of drug-likeness (QED) is 0.793. The van der Waals surface area contributed by atoms with Crippen molar-refractivity contribution in [3.8, 4) is 0 Å². The van der Waals surface area contributed by atoms with E-state index in [1.54, 1.807) is 18.2 Å². The van der Waals surface area contributed by atoms with Crippen molar-refractivity contribution in [1.29, 1.82) is 0 Å². The lowest BCUT2D eigenvalue weighted by Crippen LogP contribution is -2.11. The summed E-state index contributed by atoms with van der Waals surface area (Å²) in [5.74, 6) is 0.00981. The van der Waals surface area contributed by atoms with Crippen LogP contribution in [0.5, 0.6) is 0 Å². The van der Waals surface area contributed by atoms with Crippen LogP contribution in [0.1, 0.15) is 52.0 Å². The molecule has 0 fully saturated rings. The molecule has 0 atom stereocenters. The van der Waals surface area contributed by atoms with Crippen molar-refractivity contribution in [3.63, 3.8) is 0 Å². The molecule has 1 aromatic carbocycles. The molecule has 0 unspecified atom stereocenters. The summed E-state index contributed by atoms with van der Waals surface area (Å²) in [5.41, 5.74) is 3.96. The van der Waals surface area contributed by atoms with Gasteiger partial charge in [-0.1, -0.05) is 43.7 Å². The van der Waals surface area contributed by atoms with Gasteiger partial charge in [0.05, 0.1) is 4.90 Å². The van der Waals surface area contributed by atoms with Crippen molar-refractivity contribution in [1.82, 2.24) is 0 Å². The molecule has 1 aromatic rings. The zero-order valence-electron chi connectivity index (χ0n) is 15.0. The van der Waals surface area contributed by atoms with Gasteiger partial charge in [0.1, 0.15) is 5.83 Å². The molecule has 2 aliphatic rings. The fourth-order valence-corrected chi connectivity index (χ4v) is 3.37. The highest BCUT2D eigenvalue weighted by molar-refractivity contribution is 7.89. The smallest absolute Gasteiger partial charge is 0.225 e. The third-order valence-corrected chi connectivity index (χ3v) is 5.36. The van der Waals surface area contributed by atoms with Gasteiger partial charge < -0.3 is 0 Å². The van der Waals surface area contributed by atoms with Gasteiger partial charge in [-0.15, -0.1) is 0 Å². The van der Waals surface area contributed by atoms with Crippen molar-refractivity contribution < 1.29 is 12.8 Å². The molecular formula is C20H26FNO2S. The molecule has 0 heterocycles. The predicted molar refractivity (Wildman–Crippen MR) is 101 cm³/mol. The maximum atomic E-state index is 12.2. The number of halogens is 1. The number of sulfonamides is 1. The molecule has 25 heavy (non-hydrogen) atoms. The van der Waals surface area contributed by atoms with Crippen molar-refractivity contribution in [2.75, 3.05) is 0 Å². The SMILES string of the molecule is CC1(C)CC=C(c2ccc(S(N)(=O)=O)cc2)C1.CC1=CC=C(F)CC1. The number of hydrogen-bond acceptors (Lipinski definition) is 2. The fraction of sp³-hybridized carbons (Fsp3) is 0.400. The summed E-state index contributed by atoms with van der Waals surface area (Å²) in [6, 6.07) is 6.79. The van der Waals surface area contributed by atoms with Crippen LogP contribution in [-0.2, 0) is 10.0 Å². The van der Waals surface area contributed by atoms with Crippen molar-refractivity contribution >= 4 is 15.6 Å². The van der Waals surface area contributed by atoms with E-state index in [1.807, 2.05) is 25.1 Å². The Kier molecular flexibility index (Phi) is 6.01. The zero-order chi connectivity index (χ0) is 18.7. The van der Waals surface area contributed by atoms with E-state index in [1.165, 1.54) is 11.1 Å². The summed E-state index contributed by atoms with van der Waals surface area (Å²) in [5, 5.41) is 5.06. The summed E-state index contributed by atoms with van der Waals surface area (Å²) in [6.45, 7) is 6.48. The summed E-state index contributed by atoms with van der Waals surface area (Å²) < 4.78 is 34.4. The second-order valence-corrected chi connectivity index (χ2v) is 9.03. The number of hydrogen-bond donors (Lipinski definition) is 1. The molecule has 0 spiro atoms. The standard InChI is InChI=1S/C13H17NO2S.C7H9F/c1-13(2)8-7-11(9-13)10-3-5-12(6-4-10)17(14,15)16;1-6-2-4-7(8)5-3-6/h3-7H,8-9H2,1-2H3,(H2,14,15,16);2,4H,3,5H2,1H3. The Morgan fingerprint density at radius 3 is 2.12 bits per heavy atom. The van der Waals surface area contributed by atoms with Gasteiger partial charge in [0.15, 0.2) is 0 Å². The summed E-state index contributed by atoms with van der Waals surface area (Å²) >= 11 is 0. The van der Waals surface area contributed by atoms with E-state index in [4.69, 9.17) is 5.14 Å². The number of rotatable bonds is 2. The fourth-order valence-electron chi connectivity index (χ4n) is 2.85. The van der Waals surface area contributed by atoms with Gasteiger partial charge in [-0.25, -0.2) is 17.9 Å². The predicted octanol–water partition coefficient (Wildman–Crippen LogP) is 5.12. The lowest BCUT2D eigenvalue weighted by molar-refractivity contribution is 0.403. The largest absolute Gasteiger partial charge is 0.238 e. The molecule has 3 nitrogen and oxygen atoms in total. The van der Waals surface area contributed by atoms with Gasteiger partial charge in [-0.3, -0.25) is 0 Å². The van der Waals surface area contributed by atoms with E-state index in [0.717, 1.165) is 24.8 Å². The maximum Gasteiger partial charge on any atom is 0.238 e. The molecule has 0 amide bonds. The Balaban J connectivity index is 0.000000236. The second-order valence-electron chi connectivity index (χ2n) is 7.47. The minimum Gasteiger partial charge on any atom is -0.225 e. The second kappa shape index (κ2) is 7.67. The van der Waals surface area contributed by atoms with Crippen LogP contribution >= 0.6 is 0 Å². The van der Waals surface area contributed by atoms with Crippen molar-refractivity contribution in [2.24, 2.45) is 10.6 Å². The van der Waals surface area contributed by atoms with E-state index >= 15 is 0 Å². The summed E-state index contributed by atoms with van der Waals surface area (Å²) in [7, 11) is -3.59. The number of allylic oxidation sites excluding steroid dienone is 6. The van der Waals surface area contributed by atoms with Gasteiger partial charge in [0.25, 0.3) is 0 Å². The first-order valence-corrected chi connectivity index (χ1v) is 9.96. The molecule has 0 saturated carbocycles. The third-order valence-electron chi connectivity index (χ3n) is 4.43. The van der Waals surface area contributed by atoms with Crippen molar-refractivity contribution in [3.05, 3.63) is 59.5 Å². The van der Waals surface area contributed by atoms with E-state index in [0.29, 0.717) is 11.8 Å². The van der Waals surface area contributed by atoms with Gasteiger partial charge in [-0.05, 0) is 60.9 Å². The number of nitrogens with two attached hydrogens (primary N) is 1. The molecule has 0 bridgehead atoms. The van der Waals surface area contributed by atoms with E-state index in [2.05, 4.69) is 19.9 Å². The van der Waals surface area contributed by atoms with Crippen LogP contribution in [0.3, 0.4) is 0 Å². The monoisotopic (exact) mass is 363 g/mol. The van der Waals surface area contributed by atoms with E-state index in [9.17, 15) is 12.8 Å².